The van der Waals surface area contributed by atoms with Crippen molar-refractivity contribution < 1.29 is 4.74 Å². The molecule has 1 aliphatic rings. The lowest BCUT2D eigenvalue weighted by Crippen LogP contribution is -2.41. The molecule has 0 saturated heterocycles. The van der Waals surface area contributed by atoms with Crippen LogP contribution < -0.4 is 10.5 Å². The zero-order valence-corrected chi connectivity index (χ0v) is 14.4. The highest BCUT2D eigenvalue weighted by Gasteiger charge is 2.36. The summed E-state index contributed by atoms with van der Waals surface area (Å²) in [6.07, 6.45) is 3.72. The van der Waals surface area contributed by atoms with Gasteiger partial charge in [-0.05, 0) is 67.8 Å². The average Bonchev–Trinajstić information content (AvgIpc) is 2.41. The SMILES string of the molecule is Cc1cc(Cl)ccc1OC1CC(C(C)(C)C)CCC1CN. The van der Waals surface area contributed by atoms with Crippen molar-refractivity contribution in [2.75, 3.05) is 6.54 Å². The van der Waals surface area contributed by atoms with Crippen LogP contribution in [-0.4, -0.2) is 12.6 Å². The first kappa shape index (κ1) is 16.6. The predicted molar refractivity (Wildman–Crippen MR) is 89.9 cm³/mol. The molecular weight excluding hydrogens is 282 g/mol. The highest BCUT2D eigenvalue weighted by molar-refractivity contribution is 6.30. The molecule has 0 radical (unpaired) electrons. The second-order valence-electron chi connectivity index (χ2n) is 7.44. The van der Waals surface area contributed by atoms with Gasteiger partial charge in [0.1, 0.15) is 11.9 Å². The Morgan fingerprint density at radius 1 is 1.29 bits per heavy atom. The average molecular weight is 310 g/mol. The van der Waals surface area contributed by atoms with Gasteiger partial charge < -0.3 is 10.5 Å². The summed E-state index contributed by atoms with van der Waals surface area (Å²) in [6, 6.07) is 5.83. The third-order valence-corrected chi connectivity index (χ3v) is 5.11. The van der Waals surface area contributed by atoms with Gasteiger partial charge in [0.2, 0.25) is 0 Å². The minimum absolute atomic E-state index is 0.216. The Morgan fingerprint density at radius 3 is 2.57 bits per heavy atom. The second-order valence-corrected chi connectivity index (χ2v) is 7.87. The fourth-order valence-corrected chi connectivity index (χ4v) is 3.53. The lowest BCUT2D eigenvalue weighted by atomic mass is 9.68. The third-order valence-electron chi connectivity index (χ3n) is 4.87. The summed E-state index contributed by atoms with van der Waals surface area (Å²) in [6.45, 7) is 9.72. The molecule has 21 heavy (non-hydrogen) atoms. The molecule has 0 bridgehead atoms. The van der Waals surface area contributed by atoms with E-state index in [0.717, 1.165) is 29.2 Å². The van der Waals surface area contributed by atoms with Crippen molar-refractivity contribution in [2.45, 2.75) is 53.1 Å². The Morgan fingerprint density at radius 2 is 2.00 bits per heavy atom. The predicted octanol–water partition coefficient (Wildman–Crippen LogP) is 4.82. The molecule has 0 spiro atoms. The van der Waals surface area contributed by atoms with Gasteiger partial charge in [-0.3, -0.25) is 0 Å². The van der Waals surface area contributed by atoms with Gasteiger partial charge in [-0.2, -0.15) is 0 Å². The van der Waals surface area contributed by atoms with Crippen molar-refractivity contribution in [3.05, 3.63) is 28.8 Å². The second kappa shape index (κ2) is 6.58. The van der Waals surface area contributed by atoms with Crippen LogP contribution in [0.15, 0.2) is 18.2 Å². The topological polar surface area (TPSA) is 35.2 Å². The normalized spacial score (nSPS) is 26.7. The van der Waals surface area contributed by atoms with Crippen LogP contribution in [0.3, 0.4) is 0 Å². The molecule has 2 nitrogen and oxygen atoms in total. The number of rotatable bonds is 3. The van der Waals surface area contributed by atoms with Crippen molar-refractivity contribution in [3.63, 3.8) is 0 Å². The maximum Gasteiger partial charge on any atom is 0.122 e. The molecule has 0 aromatic heterocycles. The Bertz CT molecular complexity index is 481. The number of ether oxygens (including phenoxy) is 1. The molecule has 1 saturated carbocycles. The van der Waals surface area contributed by atoms with Gasteiger partial charge in [0, 0.05) is 10.9 Å². The first-order valence-electron chi connectivity index (χ1n) is 7.94. The summed E-state index contributed by atoms with van der Waals surface area (Å²) in [5.41, 5.74) is 7.39. The minimum Gasteiger partial charge on any atom is -0.490 e. The zero-order chi connectivity index (χ0) is 15.6. The molecule has 3 unspecified atom stereocenters. The van der Waals surface area contributed by atoms with Crippen LogP contribution >= 0.6 is 11.6 Å². The summed E-state index contributed by atoms with van der Waals surface area (Å²) in [5.74, 6) is 2.09. The lowest BCUT2D eigenvalue weighted by Gasteiger charge is -2.41. The number of benzene rings is 1. The highest BCUT2D eigenvalue weighted by Crippen LogP contribution is 2.41. The van der Waals surface area contributed by atoms with E-state index in [9.17, 15) is 0 Å². The summed E-state index contributed by atoms with van der Waals surface area (Å²) < 4.78 is 6.33. The van der Waals surface area contributed by atoms with E-state index >= 15 is 0 Å². The summed E-state index contributed by atoms with van der Waals surface area (Å²) >= 11 is 6.02. The van der Waals surface area contributed by atoms with Gasteiger partial charge in [-0.25, -0.2) is 0 Å². The molecule has 1 aliphatic carbocycles. The van der Waals surface area contributed by atoms with Crippen molar-refractivity contribution in [1.82, 2.24) is 0 Å². The van der Waals surface area contributed by atoms with E-state index in [4.69, 9.17) is 22.1 Å². The fourth-order valence-electron chi connectivity index (χ4n) is 3.30. The van der Waals surface area contributed by atoms with Crippen LogP contribution in [0.1, 0.15) is 45.6 Å². The number of hydrogen-bond donors (Lipinski definition) is 1. The van der Waals surface area contributed by atoms with Gasteiger partial charge in [-0.15, -0.1) is 0 Å². The van der Waals surface area contributed by atoms with E-state index in [0.29, 0.717) is 23.8 Å². The summed E-state index contributed by atoms with van der Waals surface area (Å²) in [5, 5.41) is 0.756. The molecule has 1 fully saturated rings. The molecule has 3 atom stereocenters. The Kier molecular flexibility index (Phi) is 5.21. The molecule has 0 heterocycles. The monoisotopic (exact) mass is 309 g/mol. The van der Waals surface area contributed by atoms with Gasteiger partial charge in [0.25, 0.3) is 0 Å². The smallest absolute Gasteiger partial charge is 0.122 e. The van der Waals surface area contributed by atoms with Gasteiger partial charge in [0.05, 0.1) is 0 Å². The standard InChI is InChI=1S/C18H28ClNO/c1-12-9-15(19)7-8-16(12)21-17-10-14(18(2,3)4)6-5-13(17)11-20/h7-9,13-14,17H,5-6,10-11,20H2,1-4H3. The number of aryl methyl sites for hydroxylation is 1. The van der Waals surface area contributed by atoms with Gasteiger partial charge in [-0.1, -0.05) is 32.4 Å². The van der Waals surface area contributed by atoms with E-state index in [2.05, 4.69) is 20.8 Å². The molecule has 1 aromatic carbocycles. The third kappa shape index (κ3) is 4.14. The molecule has 3 heteroatoms. The van der Waals surface area contributed by atoms with E-state index in [1.807, 2.05) is 25.1 Å². The van der Waals surface area contributed by atoms with E-state index in [1.54, 1.807) is 0 Å². The fraction of sp³-hybridized carbons (Fsp3) is 0.667. The van der Waals surface area contributed by atoms with Crippen LogP contribution in [0, 0.1) is 24.2 Å². The number of halogens is 1. The van der Waals surface area contributed by atoms with Crippen LogP contribution in [0.4, 0.5) is 0 Å². The Balaban J connectivity index is 2.14. The van der Waals surface area contributed by atoms with Crippen molar-refractivity contribution in [1.29, 1.82) is 0 Å². The first-order valence-corrected chi connectivity index (χ1v) is 8.32. The van der Waals surface area contributed by atoms with Gasteiger partial charge in [0.15, 0.2) is 0 Å². The van der Waals surface area contributed by atoms with Crippen molar-refractivity contribution >= 4 is 11.6 Å². The molecule has 1 aromatic rings. The molecular formula is C18H28ClNO. The number of hydrogen-bond acceptors (Lipinski definition) is 2. The largest absolute Gasteiger partial charge is 0.490 e. The zero-order valence-electron chi connectivity index (χ0n) is 13.7. The molecule has 2 N–H and O–H groups in total. The first-order chi connectivity index (χ1) is 9.81. The highest BCUT2D eigenvalue weighted by atomic mass is 35.5. The van der Waals surface area contributed by atoms with E-state index in [1.165, 1.54) is 6.42 Å². The maximum absolute atomic E-state index is 6.33. The quantitative estimate of drug-likeness (QED) is 0.869. The van der Waals surface area contributed by atoms with Gasteiger partial charge >= 0.3 is 0 Å². The van der Waals surface area contributed by atoms with Crippen LogP contribution in [0.25, 0.3) is 0 Å². The maximum atomic E-state index is 6.33. The Hall–Kier alpha value is -0.730. The number of nitrogens with two attached hydrogens (primary N) is 1. The summed E-state index contributed by atoms with van der Waals surface area (Å²) in [4.78, 5) is 0. The van der Waals surface area contributed by atoms with E-state index in [-0.39, 0.29) is 6.10 Å². The van der Waals surface area contributed by atoms with E-state index < -0.39 is 0 Å². The molecule has 2 rings (SSSR count). The van der Waals surface area contributed by atoms with Crippen molar-refractivity contribution in [2.24, 2.45) is 23.0 Å². The lowest BCUT2D eigenvalue weighted by molar-refractivity contribution is 0.0327. The summed E-state index contributed by atoms with van der Waals surface area (Å²) in [7, 11) is 0. The van der Waals surface area contributed by atoms with Crippen molar-refractivity contribution in [3.8, 4) is 5.75 Å². The Labute approximate surface area is 134 Å². The van der Waals surface area contributed by atoms with Crippen LogP contribution in [-0.2, 0) is 0 Å². The molecule has 0 aliphatic heterocycles. The minimum atomic E-state index is 0.216. The van der Waals surface area contributed by atoms with Crippen LogP contribution in [0.2, 0.25) is 5.02 Å². The van der Waals surface area contributed by atoms with Crippen LogP contribution in [0.5, 0.6) is 5.75 Å². The molecule has 0 amide bonds. The molecule has 118 valence electrons.